The van der Waals surface area contributed by atoms with Crippen molar-refractivity contribution in [1.29, 1.82) is 0 Å². The van der Waals surface area contributed by atoms with E-state index in [1.165, 1.54) is 10.9 Å². The molecule has 3 aromatic heterocycles. The van der Waals surface area contributed by atoms with Crippen LogP contribution in [0.5, 0.6) is 5.75 Å². The minimum atomic E-state index is 0. The molecule has 0 spiro atoms. The van der Waals surface area contributed by atoms with Crippen LogP contribution >= 0.6 is 0 Å². The number of nitrogens with zero attached hydrogens (tertiary/aromatic N) is 3. The Hall–Kier alpha value is -3.49. The Bertz CT molecular complexity index is 1730. The average molecular weight is 652 g/mol. The van der Waals surface area contributed by atoms with E-state index in [9.17, 15) is 5.11 Å². The molecule has 5 heteroatoms. The fourth-order valence-corrected chi connectivity index (χ4v) is 4.75. The zero-order chi connectivity index (χ0) is 24.2. The Balaban J connectivity index is 0.00000267. The number of hydrogen-bond donors (Lipinski definition) is 1. The first kappa shape index (κ1) is 24.2. The predicted molar refractivity (Wildman–Crippen MR) is 142 cm³/mol. The Morgan fingerprint density at radius 3 is 2.56 bits per heavy atom. The van der Waals surface area contributed by atoms with Crippen molar-refractivity contribution in [1.82, 2.24) is 14.5 Å². The van der Waals surface area contributed by atoms with Crippen molar-refractivity contribution in [3.8, 4) is 11.6 Å². The number of para-hydroxylation sites is 2. The maximum absolute atomic E-state index is 10.2. The van der Waals surface area contributed by atoms with Crippen LogP contribution in [0.15, 0.2) is 85.1 Å². The molecule has 0 amide bonds. The molecule has 182 valence electrons. The number of rotatable bonds is 3. The maximum Gasteiger partial charge on any atom is 0.141 e. The topological polar surface area (TPSA) is 50.9 Å². The Kier molecular flexibility index (Phi) is 6.18. The smallest absolute Gasteiger partial charge is 0.141 e. The van der Waals surface area contributed by atoms with Gasteiger partial charge in [0.2, 0.25) is 0 Å². The van der Waals surface area contributed by atoms with Gasteiger partial charge in [-0.1, -0.05) is 62.7 Å². The quantitative estimate of drug-likeness (QED) is 0.208. The summed E-state index contributed by atoms with van der Waals surface area (Å²) in [6.07, 6.45) is 2.52. The fourth-order valence-electron chi connectivity index (χ4n) is 4.75. The molecule has 0 fully saturated rings. The summed E-state index contributed by atoms with van der Waals surface area (Å²) in [5, 5.41) is 13.5. The van der Waals surface area contributed by atoms with E-state index in [2.05, 4.69) is 79.9 Å². The van der Waals surface area contributed by atoms with Gasteiger partial charge in [-0.25, -0.2) is 9.97 Å². The van der Waals surface area contributed by atoms with E-state index >= 15 is 0 Å². The van der Waals surface area contributed by atoms with Gasteiger partial charge >= 0.3 is 0 Å². The van der Waals surface area contributed by atoms with E-state index in [-0.39, 0.29) is 32.2 Å². The molecular weight excluding hydrogens is 625 g/mol. The molecule has 0 saturated heterocycles. The van der Waals surface area contributed by atoms with Gasteiger partial charge in [0.1, 0.15) is 17.1 Å². The molecule has 0 saturated carbocycles. The summed E-state index contributed by atoms with van der Waals surface area (Å²) in [4.78, 5) is 9.48. The molecule has 6 rings (SSSR count). The molecular formula is C31H26N3OPt-. The Morgan fingerprint density at radius 2 is 1.72 bits per heavy atom. The van der Waals surface area contributed by atoms with Gasteiger partial charge in [0.25, 0.3) is 0 Å². The van der Waals surface area contributed by atoms with E-state index in [1.807, 2.05) is 30.5 Å². The fraction of sp³-hybridized carbons (Fsp3) is 0.161. The van der Waals surface area contributed by atoms with Crippen molar-refractivity contribution in [3.63, 3.8) is 0 Å². The standard InChI is InChI=1S/C31H26N3O.Pt/c1-31(2,3)22-15-16-32-29(19-22)34-26-9-5-4-8-24(26)25-14-11-20(18-27(25)34)17-23-13-12-21-7-6-10-28(35)30(21)33-23;/h4-16,19,35H,17H2,1-3H3;/q-1;. The van der Waals surface area contributed by atoms with Crippen LogP contribution in [0.4, 0.5) is 0 Å². The number of pyridine rings is 2. The molecule has 0 aliphatic heterocycles. The zero-order valence-electron chi connectivity index (χ0n) is 20.4. The van der Waals surface area contributed by atoms with Crippen molar-refractivity contribution < 1.29 is 26.2 Å². The third-order valence-corrected chi connectivity index (χ3v) is 6.61. The molecule has 0 atom stereocenters. The Morgan fingerprint density at radius 1 is 0.889 bits per heavy atom. The second kappa shape index (κ2) is 9.18. The van der Waals surface area contributed by atoms with Gasteiger partial charge in [-0.2, -0.15) is 23.8 Å². The zero-order valence-corrected chi connectivity index (χ0v) is 22.7. The summed E-state index contributed by atoms with van der Waals surface area (Å²) in [5.41, 5.74) is 5.95. The minimum absolute atomic E-state index is 0. The predicted octanol–water partition coefficient (Wildman–Crippen LogP) is 7.12. The Labute approximate surface area is 224 Å². The number of phenolic OH excluding ortho intramolecular Hbond substituents is 1. The van der Waals surface area contributed by atoms with E-state index in [0.717, 1.165) is 38.9 Å². The molecule has 1 N–H and O–H groups in total. The van der Waals surface area contributed by atoms with Crippen LogP contribution in [-0.2, 0) is 32.9 Å². The molecule has 3 aromatic carbocycles. The van der Waals surface area contributed by atoms with Crippen molar-refractivity contribution in [2.45, 2.75) is 32.6 Å². The monoisotopic (exact) mass is 651 g/mol. The van der Waals surface area contributed by atoms with Gasteiger partial charge in [0.05, 0.1) is 0 Å². The molecule has 0 aliphatic rings. The molecule has 0 radical (unpaired) electrons. The van der Waals surface area contributed by atoms with E-state index in [1.54, 1.807) is 6.07 Å². The van der Waals surface area contributed by atoms with Gasteiger partial charge in [-0.05, 0) is 53.1 Å². The van der Waals surface area contributed by atoms with Crippen molar-refractivity contribution in [2.75, 3.05) is 0 Å². The van der Waals surface area contributed by atoms with Crippen LogP contribution in [0.1, 0.15) is 37.6 Å². The summed E-state index contributed by atoms with van der Waals surface area (Å²) in [7, 11) is 0. The first-order valence-electron chi connectivity index (χ1n) is 11.9. The van der Waals surface area contributed by atoms with Gasteiger partial charge in [-0.3, -0.25) is 0 Å². The van der Waals surface area contributed by atoms with Crippen LogP contribution in [-0.4, -0.2) is 19.6 Å². The number of aromatic hydroxyl groups is 1. The van der Waals surface area contributed by atoms with Crippen LogP contribution in [0.2, 0.25) is 0 Å². The number of fused-ring (bicyclic) bond motifs is 4. The molecule has 0 unspecified atom stereocenters. The first-order valence-corrected chi connectivity index (χ1v) is 11.9. The van der Waals surface area contributed by atoms with Crippen LogP contribution in [0.3, 0.4) is 0 Å². The van der Waals surface area contributed by atoms with E-state index in [0.29, 0.717) is 11.9 Å². The molecule has 0 bridgehead atoms. The van der Waals surface area contributed by atoms with Crippen LogP contribution in [0.25, 0.3) is 38.5 Å². The molecule has 6 aromatic rings. The average Bonchev–Trinajstić information content (AvgIpc) is 3.18. The normalized spacial score (nSPS) is 11.8. The first-order chi connectivity index (χ1) is 16.9. The third-order valence-electron chi connectivity index (χ3n) is 6.61. The van der Waals surface area contributed by atoms with Gasteiger partial charge in [-0.15, -0.1) is 5.39 Å². The van der Waals surface area contributed by atoms with Gasteiger partial charge in [0.15, 0.2) is 0 Å². The summed E-state index contributed by atoms with van der Waals surface area (Å²) < 4.78 is 2.21. The van der Waals surface area contributed by atoms with Gasteiger partial charge in [0, 0.05) is 43.9 Å². The number of phenols is 1. The maximum atomic E-state index is 10.2. The third kappa shape index (κ3) is 4.20. The van der Waals surface area contributed by atoms with Crippen molar-refractivity contribution in [2.24, 2.45) is 0 Å². The number of hydrogen-bond acceptors (Lipinski definition) is 3. The molecule has 3 heterocycles. The molecule has 0 aliphatic carbocycles. The minimum Gasteiger partial charge on any atom is -0.506 e. The second-order valence-corrected chi connectivity index (χ2v) is 10.1. The largest absolute Gasteiger partial charge is 0.506 e. The van der Waals surface area contributed by atoms with Crippen molar-refractivity contribution in [3.05, 3.63) is 108 Å². The summed E-state index contributed by atoms with van der Waals surface area (Å²) in [6.45, 7) is 6.66. The van der Waals surface area contributed by atoms with Crippen molar-refractivity contribution >= 4 is 32.7 Å². The molecule has 36 heavy (non-hydrogen) atoms. The summed E-state index contributed by atoms with van der Waals surface area (Å²) in [6, 6.07) is 30.2. The van der Waals surface area contributed by atoms with E-state index < -0.39 is 0 Å². The molecule has 4 nitrogen and oxygen atoms in total. The summed E-state index contributed by atoms with van der Waals surface area (Å²) >= 11 is 0. The number of aromatic nitrogens is 3. The van der Waals surface area contributed by atoms with Crippen LogP contribution in [0, 0.1) is 6.07 Å². The SMILES string of the molecule is CC(C)(C)c1ccnc(-n2c3[c-]c(Cc4ccc5cccc(O)c5n4)ccc3c3ccccc32)c1.[Pt]. The van der Waals surface area contributed by atoms with Crippen LogP contribution < -0.4 is 0 Å². The second-order valence-electron chi connectivity index (χ2n) is 10.1. The number of benzene rings is 3. The van der Waals surface area contributed by atoms with E-state index in [4.69, 9.17) is 9.97 Å². The van der Waals surface area contributed by atoms with Gasteiger partial charge < -0.3 is 9.67 Å². The summed E-state index contributed by atoms with van der Waals surface area (Å²) in [5.74, 6) is 1.10.